The van der Waals surface area contributed by atoms with Gasteiger partial charge in [0.1, 0.15) is 0 Å². The van der Waals surface area contributed by atoms with Gasteiger partial charge in [-0.25, -0.2) is 0 Å². The summed E-state index contributed by atoms with van der Waals surface area (Å²) < 4.78 is 0. The third-order valence-electron chi connectivity index (χ3n) is 4.90. The van der Waals surface area contributed by atoms with Crippen LogP contribution in [0.15, 0.2) is 24.3 Å². The Bertz CT molecular complexity index is 575. The molecule has 25 heavy (non-hydrogen) atoms. The Morgan fingerprint density at radius 2 is 1.72 bits per heavy atom. The Morgan fingerprint density at radius 1 is 1.12 bits per heavy atom. The summed E-state index contributed by atoms with van der Waals surface area (Å²) in [6.07, 6.45) is 5.94. The van der Waals surface area contributed by atoms with Crippen LogP contribution in [-0.2, 0) is 9.59 Å². The van der Waals surface area contributed by atoms with E-state index in [1.165, 1.54) is 6.92 Å². The molecule has 1 aliphatic carbocycles. The number of amides is 2. The van der Waals surface area contributed by atoms with Crippen LogP contribution in [0, 0.1) is 6.92 Å². The van der Waals surface area contributed by atoms with Gasteiger partial charge in [0, 0.05) is 13.5 Å². The number of rotatable bonds is 6. The highest BCUT2D eigenvalue weighted by Crippen LogP contribution is 2.26. The highest BCUT2D eigenvalue weighted by atomic mass is 16.3. The summed E-state index contributed by atoms with van der Waals surface area (Å²) in [5.74, 6) is -0.322. The third kappa shape index (κ3) is 6.50. The normalized spacial score (nSPS) is 18.0. The first kappa shape index (κ1) is 19.4. The lowest BCUT2D eigenvalue weighted by atomic mass is 9.94. The second-order valence-corrected chi connectivity index (χ2v) is 7.28. The number of benzene rings is 1. The van der Waals surface area contributed by atoms with Gasteiger partial charge in [0.25, 0.3) is 0 Å². The molecule has 1 fully saturated rings. The smallest absolute Gasteiger partial charge is 0.222 e. The summed E-state index contributed by atoms with van der Waals surface area (Å²) in [5.41, 5.74) is 1.24. The van der Waals surface area contributed by atoms with Gasteiger partial charge in [-0.15, -0.1) is 0 Å². The minimum absolute atomic E-state index is 0.156. The molecule has 0 bridgehead atoms. The Hall–Kier alpha value is -1.88. The molecule has 2 amide bonds. The lowest BCUT2D eigenvalue weighted by molar-refractivity contribution is -0.124. The predicted octanol–water partition coefficient (Wildman–Crippen LogP) is 2.76. The van der Waals surface area contributed by atoms with Gasteiger partial charge in [-0.3, -0.25) is 9.59 Å². The number of carbonyl (C=O) groups excluding carboxylic acids is 2. The number of carbonyl (C=O) groups is 2. The molecule has 0 spiro atoms. The largest absolute Gasteiger partial charge is 0.388 e. The van der Waals surface area contributed by atoms with E-state index in [9.17, 15) is 14.7 Å². The van der Waals surface area contributed by atoms with Crippen LogP contribution in [0.1, 0.15) is 69.0 Å². The van der Waals surface area contributed by atoms with Crippen molar-refractivity contribution >= 4 is 11.8 Å². The van der Waals surface area contributed by atoms with Gasteiger partial charge in [-0.1, -0.05) is 55.5 Å². The zero-order valence-corrected chi connectivity index (χ0v) is 15.3. The summed E-state index contributed by atoms with van der Waals surface area (Å²) in [5, 5.41) is 16.3. The van der Waals surface area contributed by atoms with Gasteiger partial charge < -0.3 is 15.7 Å². The van der Waals surface area contributed by atoms with Gasteiger partial charge in [0.15, 0.2) is 0 Å². The average molecular weight is 346 g/mol. The lowest BCUT2D eigenvalue weighted by Crippen LogP contribution is -2.43. The van der Waals surface area contributed by atoms with Gasteiger partial charge in [-0.05, 0) is 25.3 Å². The van der Waals surface area contributed by atoms with E-state index >= 15 is 0 Å². The molecule has 0 radical (unpaired) electrons. The topological polar surface area (TPSA) is 78.4 Å². The molecule has 1 aliphatic rings. The van der Waals surface area contributed by atoms with E-state index in [0.29, 0.717) is 0 Å². The summed E-state index contributed by atoms with van der Waals surface area (Å²) in [6, 6.07) is 7.44. The predicted molar refractivity (Wildman–Crippen MR) is 98.0 cm³/mol. The Kier molecular flexibility index (Phi) is 7.00. The van der Waals surface area contributed by atoms with Crippen LogP contribution >= 0.6 is 0 Å². The molecule has 0 aromatic heterocycles. The van der Waals surface area contributed by atoms with E-state index in [0.717, 1.165) is 49.7 Å². The minimum Gasteiger partial charge on any atom is -0.388 e. The molecule has 1 atom stereocenters. The van der Waals surface area contributed by atoms with Crippen LogP contribution in [0.4, 0.5) is 0 Å². The molecule has 0 heterocycles. The first-order valence-electron chi connectivity index (χ1n) is 9.21. The van der Waals surface area contributed by atoms with Crippen LogP contribution in [0.25, 0.3) is 0 Å². The third-order valence-corrected chi connectivity index (χ3v) is 4.90. The molecule has 1 aromatic rings. The fraction of sp³-hybridized carbons (Fsp3) is 0.600. The van der Waals surface area contributed by atoms with E-state index in [1.54, 1.807) is 0 Å². The van der Waals surface area contributed by atoms with Crippen molar-refractivity contribution in [1.82, 2.24) is 10.6 Å². The van der Waals surface area contributed by atoms with E-state index in [4.69, 9.17) is 0 Å². The molecule has 1 saturated carbocycles. The molecule has 5 heteroatoms. The molecular weight excluding hydrogens is 316 g/mol. The van der Waals surface area contributed by atoms with E-state index in [-0.39, 0.29) is 30.8 Å². The summed E-state index contributed by atoms with van der Waals surface area (Å²) in [7, 11) is 0. The fourth-order valence-electron chi connectivity index (χ4n) is 3.38. The Morgan fingerprint density at radius 3 is 2.28 bits per heavy atom. The number of hydrogen-bond donors (Lipinski definition) is 3. The van der Waals surface area contributed by atoms with Gasteiger partial charge in [-0.2, -0.15) is 0 Å². The quantitative estimate of drug-likeness (QED) is 0.693. The fourth-order valence-corrected chi connectivity index (χ4v) is 3.38. The maximum atomic E-state index is 12.4. The first-order chi connectivity index (χ1) is 11.9. The van der Waals surface area contributed by atoms with Crippen molar-refractivity contribution in [2.45, 2.75) is 70.4 Å². The number of aliphatic hydroxyl groups is 1. The van der Waals surface area contributed by atoms with Crippen molar-refractivity contribution in [3.8, 4) is 0 Å². The average Bonchev–Trinajstić information content (AvgIpc) is 2.78. The van der Waals surface area contributed by atoms with Crippen LogP contribution < -0.4 is 10.6 Å². The molecule has 2 rings (SSSR count). The zero-order chi connectivity index (χ0) is 18.3. The lowest BCUT2D eigenvalue weighted by Gasteiger charge is -2.27. The van der Waals surface area contributed by atoms with Crippen molar-refractivity contribution < 1.29 is 14.7 Å². The molecule has 3 N–H and O–H groups in total. The second kappa shape index (κ2) is 8.99. The zero-order valence-electron chi connectivity index (χ0n) is 15.3. The first-order valence-corrected chi connectivity index (χ1v) is 9.21. The molecule has 1 aromatic carbocycles. The van der Waals surface area contributed by atoms with Gasteiger partial charge >= 0.3 is 0 Å². The SMILES string of the molecule is CC(=O)NC(CC(=O)NCC1(O)CCCCCC1)c1ccc(C)cc1. The second-order valence-electron chi connectivity index (χ2n) is 7.28. The summed E-state index contributed by atoms with van der Waals surface area (Å²) in [4.78, 5) is 23.9. The Labute approximate surface area is 150 Å². The summed E-state index contributed by atoms with van der Waals surface area (Å²) in [6.45, 7) is 3.73. The van der Waals surface area contributed by atoms with Crippen LogP contribution in [-0.4, -0.2) is 29.1 Å². The van der Waals surface area contributed by atoms with Crippen LogP contribution in [0.5, 0.6) is 0 Å². The Balaban J connectivity index is 1.94. The highest BCUT2D eigenvalue weighted by Gasteiger charge is 2.28. The standard InChI is InChI=1S/C20H30N2O3/c1-15-7-9-17(10-8-15)18(22-16(2)23)13-19(24)21-14-20(25)11-5-3-4-6-12-20/h7-10,18,25H,3-6,11-14H2,1-2H3,(H,21,24)(H,22,23). The number of nitrogens with one attached hydrogen (secondary N) is 2. The van der Waals surface area contributed by atoms with Crippen LogP contribution in [0.2, 0.25) is 0 Å². The summed E-state index contributed by atoms with van der Waals surface area (Å²) >= 11 is 0. The molecule has 138 valence electrons. The van der Waals surface area contributed by atoms with Crippen molar-refractivity contribution in [2.75, 3.05) is 6.54 Å². The minimum atomic E-state index is -0.792. The number of hydrogen-bond acceptors (Lipinski definition) is 3. The van der Waals surface area contributed by atoms with Gasteiger partial charge in [0.05, 0.1) is 18.1 Å². The number of aryl methyl sites for hydroxylation is 1. The highest BCUT2D eigenvalue weighted by molar-refractivity contribution is 5.79. The maximum absolute atomic E-state index is 12.4. The molecule has 0 saturated heterocycles. The monoisotopic (exact) mass is 346 g/mol. The molecular formula is C20H30N2O3. The maximum Gasteiger partial charge on any atom is 0.222 e. The van der Waals surface area contributed by atoms with E-state index in [2.05, 4.69) is 10.6 Å². The molecule has 0 aliphatic heterocycles. The van der Waals surface area contributed by atoms with Crippen molar-refractivity contribution in [3.63, 3.8) is 0 Å². The van der Waals surface area contributed by atoms with Crippen molar-refractivity contribution in [3.05, 3.63) is 35.4 Å². The van der Waals surface area contributed by atoms with Gasteiger partial charge in [0.2, 0.25) is 11.8 Å². The van der Waals surface area contributed by atoms with E-state index in [1.807, 2.05) is 31.2 Å². The molecule has 5 nitrogen and oxygen atoms in total. The van der Waals surface area contributed by atoms with Crippen molar-refractivity contribution in [2.24, 2.45) is 0 Å². The van der Waals surface area contributed by atoms with Crippen molar-refractivity contribution in [1.29, 1.82) is 0 Å². The molecule has 1 unspecified atom stereocenters. The van der Waals surface area contributed by atoms with Crippen LogP contribution in [0.3, 0.4) is 0 Å². The van der Waals surface area contributed by atoms with E-state index < -0.39 is 5.60 Å².